The topological polar surface area (TPSA) is 91.2 Å². The van der Waals surface area contributed by atoms with Crippen molar-refractivity contribution in [3.63, 3.8) is 0 Å². The van der Waals surface area contributed by atoms with Crippen molar-refractivity contribution in [1.29, 1.82) is 5.26 Å². The molecule has 1 aliphatic carbocycles. The Morgan fingerprint density at radius 3 is 2.73 bits per heavy atom. The van der Waals surface area contributed by atoms with Gasteiger partial charge in [-0.05, 0) is 25.8 Å². The number of rotatable bonds is 8. The molecule has 3 rings (SSSR count). The average molecular weight is 470 g/mol. The number of hydrogen-bond donors (Lipinski definition) is 2. The maximum atomic E-state index is 14.8. The standard InChI is InChI=1S/C25H28FN3O3S/c1-3-13-32-25(31)22-16(2)28-24(33-15-21(30)29-17-9-5-4-6-10-17)19(14-27)23(22)18-11-7-8-12-20(18)26/h3,7-8,11-12,17,23,28H,1,4-6,9-10,13,15H2,2H3,(H,29,30)/t23-/m1/s1. The summed E-state index contributed by atoms with van der Waals surface area (Å²) >= 11 is 1.18. The van der Waals surface area contributed by atoms with E-state index in [0.29, 0.717) is 10.7 Å². The molecular formula is C25H28FN3O3S. The number of dihydropyridines is 1. The summed E-state index contributed by atoms with van der Waals surface area (Å²) in [6.07, 6.45) is 6.83. The van der Waals surface area contributed by atoms with E-state index in [1.54, 1.807) is 25.1 Å². The minimum atomic E-state index is -0.946. The van der Waals surface area contributed by atoms with Crippen molar-refractivity contribution in [3.8, 4) is 6.07 Å². The number of carbonyl (C=O) groups is 2. The lowest BCUT2D eigenvalue weighted by atomic mass is 9.82. The van der Waals surface area contributed by atoms with Crippen LogP contribution in [0.15, 0.2) is 58.8 Å². The Kier molecular flexibility index (Phi) is 8.72. The van der Waals surface area contributed by atoms with Crippen LogP contribution >= 0.6 is 11.8 Å². The van der Waals surface area contributed by atoms with Gasteiger partial charge in [0.2, 0.25) is 5.91 Å². The molecular weight excluding hydrogens is 441 g/mol. The molecule has 0 spiro atoms. The third-order valence-electron chi connectivity index (χ3n) is 5.73. The van der Waals surface area contributed by atoms with Crippen LogP contribution in [0.5, 0.6) is 0 Å². The Balaban J connectivity index is 1.88. The molecule has 8 heteroatoms. The van der Waals surface area contributed by atoms with Gasteiger partial charge in [-0.2, -0.15) is 5.26 Å². The molecule has 2 N–H and O–H groups in total. The van der Waals surface area contributed by atoms with Crippen LogP contribution in [0.2, 0.25) is 0 Å². The molecule has 0 bridgehead atoms. The third-order valence-corrected chi connectivity index (χ3v) is 6.75. The smallest absolute Gasteiger partial charge is 0.337 e. The van der Waals surface area contributed by atoms with Gasteiger partial charge in [0, 0.05) is 17.3 Å². The van der Waals surface area contributed by atoms with E-state index in [2.05, 4.69) is 23.3 Å². The molecule has 0 unspecified atom stereocenters. The van der Waals surface area contributed by atoms with Crippen LogP contribution in [0.4, 0.5) is 4.39 Å². The molecule has 6 nitrogen and oxygen atoms in total. The average Bonchev–Trinajstić information content (AvgIpc) is 2.81. The second kappa shape index (κ2) is 11.7. The van der Waals surface area contributed by atoms with Crippen molar-refractivity contribution >= 4 is 23.6 Å². The summed E-state index contributed by atoms with van der Waals surface area (Å²) < 4.78 is 20.0. The molecule has 1 aromatic carbocycles. The first-order valence-electron chi connectivity index (χ1n) is 11.0. The quantitative estimate of drug-likeness (QED) is 0.432. The second-order valence-electron chi connectivity index (χ2n) is 8.05. The van der Waals surface area contributed by atoms with Crippen molar-refractivity contribution in [2.75, 3.05) is 12.4 Å². The van der Waals surface area contributed by atoms with E-state index in [1.807, 2.05) is 0 Å². The highest BCUT2D eigenvalue weighted by Crippen LogP contribution is 2.41. The highest BCUT2D eigenvalue weighted by Gasteiger charge is 2.37. The van der Waals surface area contributed by atoms with E-state index in [9.17, 15) is 19.2 Å². The third kappa shape index (κ3) is 6.05. The second-order valence-corrected chi connectivity index (χ2v) is 9.04. The molecule has 33 heavy (non-hydrogen) atoms. The van der Waals surface area contributed by atoms with Crippen molar-refractivity contribution in [2.45, 2.75) is 51.0 Å². The zero-order valence-corrected chi connectivity index (χ0v) is 19.5. The SMILES string of the molecule is C=CCOC(=O)C1=C(C)NC(SCC(=O)NC2CCCCC2)=C(C#N)[C@H]1c1ccccc1F. The van der Waals surface area contributed by atoms with E-state index >= 15 is 0 Å². The first-order valence-corrected chi connectivity index (χ1v) is 12.0. The van der Waals surface area contributed by atoms with Gasteiger partial charge >= 0.3 is 5.97 Å². The number of amides is 1. The maximum Gasteiger partial charge on any atom is 0.337 e. The maximum absolute atomic E-state index is 14.8. The molecule has 0 aromatic heterocycles. The summed E-state index contributed by atoms with van der Waals surface area (Å²) in [5, 5.41) is 16.6. The van der Waals surface area contributed by atoms with Gasteiger partial charge in [-0.1, -0.05) is 61.9 Å². The first kappa shape index (κ1) is 24.6. The summed E-state index contributed by atoms with van der Waals surface area (Å²) in [5.74, 6) is -2.13. The number of ether oxygens (including phenoxy) is 1. The monoisotopic (exact) mass is 469 g/mol. The van der Waals surface area contributed by atoms with Crippen LogP contribution < -0.4 is 10.6 Å². The van der Waals surface area contributed by atoms with E-state index < -0.39 is 17.7 Å². The molecule has 1 fully saturated rings. The van der Waals surface area contributed by atoms with Gasteiger partial charge in [0.15, 0.2) is 0 Å². The zero-order valence-electron chi connectivity index (χ0n) is 18.7. The van der Waals surface area contributed by atoms with Gasteiger partial charge in [0.25, 0.3) is 0 Å². The summed E-state index contributed by atoms with van der Waals surface area (Å²) in [7, 11) is 0. The fraction of sp³-hybridized carbons (Fsp3) is 0.400. The van der Waals surface area contributed by atoms with Gasteiger partial charge in [-0.3, -0.25) is 4.79 Å². The molecule has 1 aliphatic heterocycles. The number of allylic oxidation sites excluding steroid dienone is 2. The van der Waals surface area contributed by atoms with E-state index in [-0.39, 0.29) is 41.0 Å². The molecule has 0 radical (unpaired) electrons. The lowest BCUT2D eigenvalue weighted by Crippen LogP contribution is -2.37. The Bertz CT molecular complexity index is 1020. The number of nitrogens with zero attached hydrogens (tertiary/aromatic N) is 1. The minimum absolute atomic E-state index is 0.00580. The van der Waals surface area contributed by atoms with E-state index in [0.717, 1.165) is 25.7 Å². The van der Waals surface area contributed by atoms with Crippen LogP contribution in [0.3, 0.4) is 0 Å². The normalized spacial score (nSPS) is 18.9. The molecule has 1 amide bonds. The van der Waals surface area contributed by atoms with Gasteiger partial charge in [0.1, 0.15) is 12.4 Å². The van der Waals surface area contributed by atoms with Gasteiger partial charge in [-0.25, -0.2) is 9.18 Å². The van der Waals surface area contributed by atoms with Crippen LogP contribution in [-0.2, 0) is 14.3 Å². The first-order chi connectivity index (χ1) is 16.0. The lowest BCUT2D eigenvalue weighted by molar-refractivity contribution is -0.138. The number of benzene rings is 1. The number of nitriles is 1. The molecule has 1 heterocycles. The largest absolute Gasteiger partial charge is 0.458 e. The van der Waals surface area contributed by atoms with Crippen molar-refractivity contribution in [3.05, 3.63) is 70.2 Å². The Morgan fingerprint density at radius 2 is 2.06 bits per heavy atom. The number of nitrogens with one attached hydrogen (secondary N) is 2. The molecule has 1 saturated carbocycles. The zero-order chi connectivity index (χ0) is 23.8. The van der Waals surface area contributed by atoms with Crippen molar-refractivity contribution in [1.82, 2.24) is 10.6 Å². The number of thioether (sulfide) groups is 1. The predicted octanol–water partition coefficient (Wildman–Crippen LogP) is 4.43. The van der Waals surface area contributed by atoms with Crippen molar-refractivity contribution < 1.29 is 18.7 Å². The lowest BCUT2D eigenvalue weighted by Gasteiger charge is -2.29. The van der Waals surface area contributed by atoms with Crippen LogP contribution in [-0.4, -0.2) is 30.3 Å². The molecule has 2 aliphatic rings. The summed E-state index contributed by atoms with van der Waals surface area (Å²) in [4.78, 5) is 25.3. The number of hydrogen-bond acceptors (Lipinski definition) is 6. The van der Waals surface area contributed by atoms with Crippen LogP contribution in [0.1, 0.15) is 50.5 Å². The Morgan fingerprint density at radius 1 is 1.33 bits per heavy atom. The van der Waals surface area contributed by atoms with E-state index in [1.165, 1.54) is 30.3 Å². The van der Waals surface area contributed by atoms with Crippen LogP contribution in [0.25, 0.3) is 0 Å². The summed E-state index contributed by atoms with van der Waals surface area (Å²) in [6.45, 7) is 5.21. The molecule has 1 aromatic rings. The molecule has 0 saturated heterocycles. The molecule has 174 valence electrons. The minimum Gasteiger partial charge on any atom is -0.458 e. The summed E-state index contributed by atoms with van der Waals surface area (Å²) in [5.41, 5.74) is 0.984. The number of esters is 1. The number of carbonyl (C=O) groups excluding carboxylic acids is 2. The summed E-state index contributed by atoms with van der Waals surface area (Å²) in [6, 6.07) is 8.37. The fourth-order valence-corrected chi connectivity index (χ4v) is 5.09. The molecule has 1 atom stereocenters. The highest BCUT2D eigenvalue weighted by molar-refractivity contribution is 8.03. The van der Waals surface area contributed by atoms with E-state index in [4.69, 9.17) is 4.74 Å². The predicted molar refractivity (Wildman–Crippen MR) is 126 cm³/mol. The van der Waals surface area contributed by atoms with Gasteiger partial charge in [-0.15, -0.1) is 0 Å². The highest BCUT2D eigenvalue weighted by atomic mass is 32.2. The van der Waals surface area contributed by atoms with Crippen molar-refractivity contribution in [2.24, 2.45) is 0 Å². The Labute approximate surface area is 198 Å². The van der Waals surface area contributed by atoms with Gasteiger partial charge < -0.3 is 15.4 Å². The van der Waals surface area contributed by atoms with Gasteiger partial charge in [0.05, 0.1) is 33.9 Å². The van der Waals surface area contributed by atoms with Crippen LogP contribution in [0, 0.1) is 17.1 Å². The Hall–Kier alpha value is -3.05. The number of halogens is 1. The fourth-order valence-electron chi connectivity index (χ4n) is 4.18.